The standard InChI is InChI=1S/C24H20ClF7N2O2/c1-2-3-20(35)34-12-21(26,13-34)15-6-4-14(5-7-15)19-11-22(36-33-19,24(30,31)32)16-8-17(23(27,28)29)10-18(25)9-16/h4-11,33H,2-3,12-13H2,1H3. The smallest absolute Gasteiger partial charge is 0.335 e. The Hall–Kier alpha value is -2.79. The van der Waals surface area contributed by atoms with Gasteiger partial charge in [-0.15, -0.1) is 0 Å². The minimum atomic E-state index is -5.15. The first-order chi connectivity index (χ1) is 16.7. The summed E-state index contributed by atoms with van der Waals surface area (Å²) in [6.07, 6.45) is -8.51. The van der Waals surface area contributed by atoms with Gasteiger partial charge in [0.15, 0.2) is 5.67 Å². The fourth-order valence-electron chi connectivity index (χ4n) is 4.19. The number of likely N-dealkylation sites (tertiary alicyclic amines) is 1. The average Bonchev–Trinajstić information content (AvgIpc) is 3.23. The zero-order valence-corrected chi connectivity index (χ0v) is 19.5. The number of hydroxylamine groups is 1. The van der Waals surface area contributed by atoms with Crippen molar-refractivity contribution in [3.63, 3.8) is 0 Å². The summed E-state index contributed by atoms with van der Waals surface area (Å²) in [5, 5.41) is -0.543. The molecule has 0 radical (unpaired) electrons. The fourth-order valence-corrected chi connectivity index (χ4v) is 4.43. The van der Waals surface area contributed by atoms with Crippen LogP contribution in [0, 0.1) is 0 Å². The molecular weight excluding hydrogens is 517 g/mol. The highest BCUT2D eigenvalue weighted by Crippen LogP contribution is 2.49. The van der Waals surface area contributed by atoms with E-state index in [0.29, 0.717) is 31.1 Å². The quantitative estimate of drug-likeness (QED) is 0.444. The lowest BCUT2D eigenvalue weighted by atomic mass is 9.86. The van der Waals surface area contributed by atoms with Crippen molar-refractivity contribution >= 4 is 23.2 Å². The lowest BCUT2D eigenvalue weighted by molar-refractivity contribution is -0.269. The Balaban J connectivity index is 1.63. The Morgan fingerprint density at radius 3 is 2.25 bits per heavy atom. The van der Waals surface area contributed by atoms with Crippen molar-refractivity contribution in [1.82, 2.24) is 10.4 Å². The number of hydrogen-bond donors (Lipinski definition) is 1. The summed E-state index contributed by atoms with van der Waals surface area (Å²) in [6, 6.07) is 7.09. The van der Waals surface area contributed by atoms with E-state index in [0.717, 1.165) is 6.07 Å². The molecule has 1 fully saturated rings. The summed E-state index contributed by atoms with van der Waals surface area (Å²) in [4.78, 5) is 18.2. The van der Waals surface area contributed by atoms with Crippen LogP contribution in [0.2, 0.25) is 5.02 Å². The number of rotatable bonds is 5. The van der Waals surface area contributed by atoms with Gasteiger partial charge in [-0.25, -0.2) is 4.39 Å². The van der Waals surface area contributed by atoms with Gasteiger partial charge in [-0.3, -0.25) is 15.1 Å². The molecule has 4 nitrogen and oxygen atoms in total. The van der Waals surface area contributed by atoms with Crippen molar-refractivity contribution in [3.05, 3.63) is 75.8 Å². The monoisotopic (exact) mass is 536 g/mol. The third-order valence-corrected chi connectivity index (χ3v) is 6.38. The van der Waals surface area contributed by atoms with E-state index >= 15 is 4.39 Å². The molecule has 0 spiro atoms. The molecule has 194 valence electrons. The number of benzene rings is 2. The molecule has 2 heterocycles. The molecule has 1 N–H and O–H groups in total. The van der Waals surface area contributed by atoms with Crippen molar-refractivity contribution < 1.29 is 40.4 Å². The maximum Gasteiger partial charge on any atom is 0.428 e. The second-order valence-corrected chi connectivity index (χ2v) is 9.20. The normalized spacial score (nSPS) is 21.6. The molecule has 0 aromatic heterocycles. The molecule has 1 atom stereocenters. The number of halogens is 8. The Bertz CT molecular complexity index is 1190. The molecule has 2 aromatic carbocycles. The predicted molar refractivity (Wildman–Crippen MR) is 117 cm³/mol. The Labute approximate surface area is 206 Å². The molecule has 2 aromatic rings. The van der Waals surface area contributed by atoms with Gasteiger partial charge in [0.25, 0.3) is 0 Å². The minimum Gasteiger partial charge on any atom is -0.335 e. The third-order valence-electron chi connectivity index (χ3n) is 6.16. The Kier molecular flexibility index (Phi) is 6.53. The van der Waals surface area contributed by atoms with Crippen LogP contribution in [0.4, 0.5) is 30.7 Å². The lowest BCUT2D eigenvalue weighted by Gasteiger charge is -2.44. The zero-order valence-electron chi connectivity index (χ0n) is 18.7. The molecule has 36 heavy (non-hydrogen) atoms. The largest absolute Gasteiger partial charge is 0.428 e. The third kappa shape index (κ3) is 4.66. The molecular formula is C24H20ClF7N2O2. The first-order valence-electron chi connectivity index (χ1n) is 10.9. The van der Waals surface area contributed by atoms with Crippen LogP contribution in [0.5, 0.6) is 0 Å². The summed E-state index contributed by atoms with van der Waals surface area (Å²) in [6.45, 7) is 1.59. The molecule has 2 aliphatic rings. The lowest BCUT2D eigenvalue weighted by Crippen LogP contribution is -2.58. The zero-order chi connectivity index (χ0) is 26.5. The second kappa shape index (κ2) is 8.95. The van der Waals surface area contributed by atoms with Gasteiger partial charge in [-0.2, -0.15) is 26.3 Å². The predicted octanol–water partition coefficient (Wildman–Crippen LogP) is 6.50. The van der Waals surface area contributed by atoms with Gasteiger partial charge in [-0.1, -0.05) is 42.8 Å². The number of hydrogen-bond acceptors (Lipinski definition) is 3. The van der Waals surface area contributed by atoms with Crippen LogP contribution in [0.1, 0.15) is 42.0 Å². The Morgan fingerprint density at radius 1 is 1.06 bits per heavy atom. The van der Waals surface area contributed by atoms with E-state index in [1.165, 1.54) is 29.2 Å². The van der Waals surface area contributed by atoms with Gasteiger partial charge in [0.1, 0.15) is 0 Å². The summed E-state index contributed by atoms with van der Waals surface area (Å²) >= 11 is 5.70. The highest BCUT2D eigenvalue weighted by molar-refractivity contribution is 6.30. The van der Waals surface area contributed by atoms with E-state index in [9.17, 15) is 31.1 Å². The van der Waals surface area contributed by atoms with Crippen LogP contribution in [-0.4, -0.2) is 30.1 Å². The molecule has 12 heteroatoms. The summed E-state index contributed by atoms with van der Waals surface area (Å²) in [5.74, 6) is -0.155. The van der Waals surface area contributed by atoms with Gasteiger partial charge >= 0.3 is 12.4 Å². The number of alkyl halides is 7. The van der Waals surface area contributed by atoms with Gasteiger partial charge in [0.05, 0.1) is 24.4 Å². The molecule has 1 saturated heterocycles. The number of carbonyl (C=O) groups is 1. The first kappa shape index (κ1) is 26.3. The van der Waals surface area contributed by atoms with Crippen molar-refractivity contribution in [1.29, 1.82) is 0 Å². The van der Waals surface area contributed by atoms with Crippen molar-refractivity contribution in [2.75, 3.05) is 13.1 Å². The summed E-state index contributed by atoms with van der Waals surface area (Å²) < 4.78 is 97.3. The van der Waals surface area contributed by atoms with E-state index < -0.39 is 39.8 Å². The van der Waals surface area contributed by atoms with Crippen LogP contribution in [-0.2, 0) is 27.1 Å². The van der Waals surface area contributed by atoms with Crippen LogP contribution in [0.25, 0.3) is 5.70 Å². The fraction of sp³-hybridized carbons (Fsp3) is 0.375. The number of carbonyl (C=O) groups excluding carboxylic acids is 1. The van der Waals surface area contributed by atoms with Crippen molar-refractivity contribution in [3.8, 4) is 0 Å². The molecule has 1 amide bonds. The summed E-state index contributed by atoms with van der Waals surface area (Å²) in [5.41, 5.74) is -4.84. The van der Waals surface area contributed by atoms with E-state index in [1.807, 2.05) is 6.92 Å². The number of amides is 1. The van der Waals surface area contributed by atoms with E-state index in [1.54, 1.807) is 0 Å². The van der Waals surface area contributed by atoms with Crippen LogP contribution >= 0.6 is 11.6 Å². The van der Waals surface area contributed by atoms with Crippen LogP contribution in [0.15, 0.2) is 48.5 Å². The molecule has 2 aliphatic heterocycles. The van der Waals surface area contributed by atoms with E-state index in [2.05, 4.69) is 5.48 Å². The maximum atomic E-state index is 15.2. The van der Waals surface area contributed by atoms with E-state index in [-0.39, 0.29) is 35.8 Å². The minimum absolute atomic E-state index is 0.122. The second-order valence-electron chi connectivity index (χ2n) is 8.76. The van der Waals surface area contributed by atoms with Gasteiger partial charge < -0.3 is 4.90 Å². The molecule has 0 bridgehead atoms. The molecule has 0 saturated carbocycles. The topological polar surface area (TPSA) is 41.6 Å². The summed E-state index contributed by atoms with van der Waals surface area (Å²) in [7, 11) is 0. The highest BCUT2D eigenvalue weighted by Gasteiger charge is 2.60. The van der Waals surface area contributed by atoms with Crippen LogP contribution < -0.4 is 5.48 Å². The molecule has 1 unspecified atom stereocenters. The first-order valence-corrected chi connectivity index (χ1v) is 11.3. The molecule has 4 rings (SSSR count). The van der Waals surface area contributed by atoms with Crippen molar-refractivity contribution in [2.24, 2.45) is 0 Å². The van der Waals surface area contributed by atoms with Crippen LogP contribution in [0.3, 0.4) is 0 Å². The maximum absolute atomic E-state index is 15.2. The van der Waals surface area contributed by atoms with Gasteiger partial charge in [0.2, 0.25) is 11.5 Å². The Morgan fingerprint density at radius 2 is 1.69 bits per heavy atom. The number of nitrogens with zero attached hydrogens (tertiary/aromatic N) is 1. The average molecular weight is 537 g/mol. The van der Waals surface area contributed by atoms with Gasteiger partial charge in [-0.05, 0) is 41.8 Å². The SMILES string of the molecule is CCCC(=O)N1CC(F)(c2ccc(C3=CC(c4cc(Cl)cc(C(F)(F)F)c4)(C(F)(F)F)ON3)cc2)C1. The van der Waals surface area contributed by atoms with E-state index in [4.69, 9.17) is 16.4 Å². The van der Waals surface area contributed by atoms with Crippen molar-refractivity contribution in [2.45, 2.75) is 43.4 Å². The molecule has 0 aliphatic carbocycles. The number of nitrogens with one attached hydrogen (secondary N) is 1. The highest BCUT2D eigenvalue weighted by atomic mass is 35.5. The van der Waals surface area contributed by atoms with Gasteiger partial charge in [0, 0.05) is 17.0 Å².